The number of nitrogens with zero attached hydrogens (tertiary/aromatic N) is 1. The zero-order chi connectivity index (χ0) is 11.8. The number of morpholine rings is 1. The Morgan fingerprint density at radius 3 is 2.94 bits per heavy atom. The van der Waals surface area contributed by atoms with E-state index < -0.39 is 15.3 Å². The van der Waals surface area contributed by atoms with E-state index in [1.165, 1.54) is 0 Å². The van der Waals surface area contributed by atoms with Crippen LogP contribution in [0.4, 0.5) is 0 Å². The van der Waals surface area contributed by atoms with Gasteiger partial charge in [-0.1, -0.05) is 0 Å². The SMILES string of the molecule is CC(CCl)S(=O)(=O)N1CCOC2CCCC21. The van der Waals surface area contributed by atoms with Crippen LogP contribution < -0.4 is 0 Å². The largest absolute Gasteiger partial charge is 0.375 e. The molecule has 2 aliphatic rings. The highest BCUT2D eigenvalue weighted by Gasteiger charge is 2.43. The van der Waals surface area contributed by atoms with E-state index in [0.717, 1.165) is 19.3 Å². The molecule has 4 nitrogen and oxygen atoms in total. The summed E-state index contributed by atoms with van der Waals surface area (Å²) in [7, 11) is -3.24. The summed E-state index contributed by atoms with van der Waals surface area (Å²) >= 11 is 5.66. The number of halogens is 1. The lowest BCUT2D eigenvalue weighted by Gasteiger charge is -2.37. The first-order chi connectivity index (χ1) is 7.57. The summed E-state index contributed by atoms with van der Waals surface area (Å²) in [5, 5.41) is -0.506. The maximum absolute atomic E-state index is 12.2. The standard InChI is InChI=1S/C10H18ClNO3S/c1-8(7-11)16(13,14)12-5-6-15-10-4-2-3-9(10)12/h8-10H,2-7H2,1H3. The molecule has 3 unspecified atom stereocenters. The van der Waals surface area contributed by atoms with E-state index >= 15 is 0 Å². The van der Waals surface area contributed by atoms with Crippen molar-refractivity contribution in [2.24, 2.45) is 0 Å². The molecule has 2 fully saturated rings. The average Bonchev–Trinajstić information content (AvgIpc) is 2.75. The lowest BCUT2D eigenvalue weighted by Crippen LogP contribution is -2.53. The first kappa shape index (κ1) is 12.6. The molecule has 2 rings (SSSR count). The zero-order valence-electron chi connectivity index (χ0n) is 9.43. The van der Waals surface area contributed by atoms with E-state index in [-0.39, 0.29) is 18.0 Å². The molecular formula is C10H18ClNO3S. The fourth-order valence-electron chi connectivity index (χ4n) is 2.52. The Labute approximate surface area is 102 Å². The van der Waals surface area contributed by atoms with Crippen molar-refractivity contribution >= 4 is 21.6 Å². The van der Waals surface area contributed by atoms with Crippen LogP contribution in [0.1, 0.15) is 26.2 Å². The summed E-state index contributed by atoms with van der Waals surface area (Å²) in [6, 6.07) is 0.0458. The van der Waals surface area contributed by atoms with Crippen LogP contribution in [0, 0.1) is 0 Å². The van der Waals surface area contributed by atoms with Gasteiger partial charge in [-0.3, -0.25) is 0 Å². The third-order valence-electron chi connectivity index (χ3n) is 3.48. The molecule has 94 valence electrons. The second-order valence-corrected chi connectivity index (χ2v) is 7.14. The van der Waals surface area contributed by atoms with Gasteiger partial charge in [0, 0.05) is 12.4 Å². The Morgan fingerprint density at radius 2 is 2.25 bits per heavy atom. The van der Waals surface area contributed by atoms with Crippen LogP contribution in [0.25, 0.3) is 0 Å². The Bertz CT molecular complexity index is 346. The van der Waals surface area contributed by atoms with E-state index in [2.05, 4.69) is 0 Å². The molecule has 6 heteroatoms. The number of hydrogen-bond acceptors (Lipinski definition) is 3. The third-order valence-corrected chi connectivity index (χ3v) is 6.42. The van der Waals surface area contributed by atoms with Crippen molar-refractivity contribution in [3.63, 3.8) is 0 Å². The van der Waals surface area contributed by atoms with Crippen molar-refractivity contribution in [1.82, 2.24) is 4.31 Å². The Morgan fingerprint density at radius 1 is 1.50 bits per heavy atom. The number of rotatable bonds is 3. The molecule has 0 aromatic heterocycles. The highest BCUT2D eigenvalue weighted by molar-refractivity contribution is 7.89. The average molecular weight is 268 g/mol. The third kappa shape index (κ3) is 2.10. The Balaban J connectivity index is 2.19. The number of alkyl halides is 1. The van der Waals surface area contributed by atoms with E-state index in [0.29, 0.717) is 13.2 Å². The summed E-state index contributed by atoms with van der Waals surface area (Å²) in [5.74, 6) is 0.150. The fraction of sp³-hybridized carbons (Fsp3) is 1.00. The maximum atomic E-state index is 12.2. The monoisotopic (exact) mass is 267 g/mol. The molecule has 1 aliphatic carbocycles. The van der Waals surface area contributed by atoms with Gasteiger partial charge in [-0.05, 0) is 26.2 Å². The smallest absolute Gasteiger partial charge is 0.218 e. The molecule has 0 radical (unpaired) electrons. The van der Waals surface area contributed by atoms with Gasteiger partial charge in [-0.2, -0.15) is 4.31 Å². The number of fused-ring (bicyclic) bond motifs is 1. The first-order valence-electron chi connectivity index (χ1n) is 5.75. The highest BCUT2D eigenvalue weighted by atomic mass is 35.5. The molecule has 0 aromatic rings. The second-order valence-electron chi connectivity index (χ2n) is 4.53. The van der Waals surface area contributed by atoms with Gasteiger partial charge in [0.15, 0.2) is 0 Å². The number of hydrogen-bond donors (Lipinski definition) is 0. The molecule has 3 atom stereocenters. The Kier molecular flexibility index (Phi) is 3.79. The zero-order valence-corrected chi connectivity index (χ0v) is 11.0. The lowest BCUT2D eigenvalue weighted by atomic mass is 10.2. The van der Waals surface area contributed by atoms with Gasteiger partial charge in [-0.25, -0.2) is 8.42 Å². The summed E-state index contributed by atoms with van der Waals surface area (Å²) in [4.78, 5) is 0. The minimum Gasteiger partial charge on any atom is -0.375 e. The fourth-order valence-corrected chi connectivity index (χ4v) is 4.56. The second kappa shape index (κ2) is 4.80. The topological polar surface area (TPSA) is 46.6 Å². The van der Waals surface area contributed by atoms with Crippen LogP contribution in [0.2, 0.25) is 0 Å². The minimum absolute atomic E-state index is 0.0458. The van der Waals surface area contributed by atoms with Gasteiger partial charge in [0.2, 0.25) is 10.0 Å². The molecule has 0 spiro atoms. The molecule has 1 saturated carbocycles. The Hall–Kier alpha value is 0.160. The van der Waals surface area contributed by atoms with Gasteiger partial charge in [-0.15, -0.1) is 11.6 Å². The molecule has 1 heterocycles. The quantitative estimate of drug-likeness (QED) is 0.722. The lowest BCUT2D eigenvalue weighted by molar-refractivity contribution is -0.0243. The van der Waals surface area contributed by atoms with E-state index in [4.69, 9.17) is 16.3 Å². The summed E-state index contributed by atoms with van der Waals surface area (Å²) in [6.45, 7) is 2.65. The highest BCUT2D eigenvalue weighted by Crippen LogP contribution is 2.32. The van der Waals surface area contributed by atoms with Gasteiger partial charge < -0.3 is 4.74 Å². The van der Waals surface area contributed by atoms with Crippen molar-refractivity contribution in [3.8, 4) is 0 Å². The normalized spacial score (nSPS) is 33.6. The minimum atomic E-state index is -3.24. The maximum Gasteiger partial charge on any atom is 0.218 e. The number of sulfonamides is 1. The van der Waals surface area contributed by atoms with Gasteiger partial charge >= 0.3 is 0 Å². The van der Waals surface area contributed by atoms with Crippen LogP contribution in [-0.4, -0.2) is 49.2 Å². The van der Waals surface area contributed by atoms with Crippen molar-refractivity contribution < 1.29 is 13.2 Å². The van der Waals surface area contributed by atoms with Crippen molar-refractivity contribution in [1.29, 1.82) is 0 Å². The molecule has 0 aromatic carbocycles. The predicted molar refractivity (Wildman–Crippen MR) is 63.2 cm³/mol. The molecule has 1 aliphatic heterocycles. The molecule has 16 heavy (non-hydrogen) atoms. The molecule has 0 N–H and O–H groups in total. The van der Waals surface area contributed by atoms with Crippen LogP contribution >= 0.6 is 11.6 Å². The van der Waals surface area contributed by atoms with Crippen LogP contribution in [0.15, 0.2) is 0 Å². The van der Waals surface area contributed by atoms with E-state index in [1.807, 2.05) is 0 Å². The number of ether oxygens (including phenoxy) is 1. The predicted octanol–water partition coefficient (Wildman–Crippen LogP) is 1.20. The summed E-state index contributed by atoms with van der Waals surface area (Å²) in [5.41, 5.74) is 0. The molecule has 0 bridgehead atoms. The van der Waals surface area contributed by atoms with Gasteiger partial charge in [0.25, 0.3) is 0 Å². The summed E-state index contributed by atoms with van der Waals surface area (Å²) in [6.07, 6.45) is 3.05. The first-order valence-corrected chi connectivity index (χ1v) is 7.79. The van der Waals surface area contributed by atoms with Crippen LogP contribution in [0.5, 0.6) is 0 Å². The molecular weight excluding hydrogens is 250 g/mol. The van der Waals surface area contributed by atoms with Crippen LogP contribution in [-0.2, 0) is 14.8 Å². The van der Waals surface area contributed by atoms with Crippen molar-refractivity contribution in [3.05, 3.63) is 0 Å². The summed E-state index contributed by atoms with van der Waals surface area (Å²) < 4.78 is 31.7. The van der Waals surface area contributed by atoms with Crippen LogP contribution in [0.3, 0.4) is 0 Å². The van der Waals surface area contributed by atoms with Crippen molar-refractivity contribution in [2.45, 2.75) is 43.6 Å². The van der Waals surface area contributed by atoms with Gasteiger partial charge in [0.05, 0.1) is 24.0 Å². The van der Waals surface area contributed by atoms with E-state index in [1.54, 1.807) is 11.2 Å². The molecule has 0 amide bonds. The van der Waals surface area contributed by atoms with E-state index in [9.17, 15) is 8.42 Å². The van der Waals surface area contributed by atoms with Crippen molar-refractivity contribution in [2.75, 3.05) is 19.0 Å². The molecule has 1 saturated heterocycles. The van der Waals surface area contributed by atoms with Gasteiger partial charge in [0.1, 0.15) is 0 Å².